The van der Waals surface area contributed by atoms with Crippen molar-refractivity contribution in [3.63, 3.8) is 0 Å². The van der Waals surface area contributed by atoms with Gasteiger partial charge < -0.3 is 9.80 Å². The molecule has 0 unspecified atom stereocenters. The Kier molecular flexibility index (Phi) is 4.70. The van der Waals surface area contributed by atoms with Crippen molar-refractivity contribution in [1.29, 1.82) is 0 Å². The van der Waals surface area contributed by atoms with E-state index >= 15 is 0 Å². The van der Waals surface area contributed by atoms with E-state index in [1.165, 1.54) is 11.3 Å². The van der Waals surface area contributed by atoms with E-state index in [9.17, 15) is 4.79 Å². The fraction of sp³-hybridized carbons (Fsp3) is 0.350. The number of carbonyl (C=O) groups is 1. The molecule has 3 aromatic heterocycles. The average Bonchev–Trinajstić information content (AvgIpc) is 3.25. The summed E-state index contributed by atoms with van der Waals surface area (Å²) in [5, 5.41) is 6.72. The Morgan fingerprint density at radius 3 is 2.52 bits per heavy atom. The van der Waals surface area contributed by atoms with Crippen molar-refractivity contribution in [2.45, 2.75) is 20.8 Å². The summed E-state index contributed by atoms with van der Waals surface area (Å²) in [6, 6.07) is 7.81. The van der Waals surface area contributed by atoms with Gasteiger partial charge in [0.1, 0.15) is 0 Å². The second kappa shape index (κ2) is 7.15. The molecule has 140 valence electrons. The highest BCUT2D eigenvalue weighted by Gasteiger charge is 2.26. The number of rotatable bonds is 3. The fourth-order valence-electron chi connectivity index (χ4n) is 3.63. The molecule has 1 fully saturated rings. The van der Waals surface area contributed by atoms with Crippen molar-refractivity contribution in [2.75, 3.05) is 31.1 Å². The maximum Gasteiger partial charge on any atom is 0.264 e. The molecule has 1 aliphatic heterocycles. The molecule has 4 heterocycles. The number of pyridine rings is 1. The zero-order chi connectivity index (χ0) is 19.0. The molecule has 6 nitrogen and oxygen atoms in total. The molecule has 7 heteroatoms. The monoisotopic (exact) mass is 381 g/mol. The third-order valence-corrected chi connectivity index (χ3v) is 5.98. The van der Waals surface area contributed by atoms with Crippen LogP contribution in [0.4, 0.5) is 5.69 Å². The molecule has 4 rings (SSSR count). The number of hydrogen-bond acceptors (Lipinski definition) is 5. The van der Waals surface area contributed by atoms with Gasteiger partial charge in [0.25, 0.3) is 5.91 Å². The Balaban J connectivity index is 1.50. The lowest BCUT2D eigenvalue weighted by atomic mass is 10.2. The van der Waals surface area contributed by atoms with Gasteiger partial charge >= 0.3 is 0 Å². The highest BCUT2D eigenvalue weighted by molar-refractivity contribution is 7.12. The van der Waals surface area contributed by atoms with Gasteiger partial charge in [-0.25, -0.2) is 9.67 Å². The average molecular weight is 382 g/mol. The van der Waals surface area contributed by atoms with Gasteiger partial charge in [-0.15, -0.1) is 11.3 Å². The summed E-state index contributed by atoms with van der Waals surface area (Å²) in [5.41, 5.74) is 4.38. The van der Waals surface area contributed by atoms with Crippen LogP contribution in [0.15, 0.2) is 35.8 Å². The van der Waals surface area contributed by atoms with E-state index in [0.29, 0.717) is 0 Å². The SMILES string of the molecule is Cc1csc(C(=O)N2CCN(c3c(C)nn(-c4ccccn4)c3C)CC2)c1. The van der Waals surface area contributed by atoms with Crippen molar-refractivity contribution in [2.24, 2.45) is 0 Å². The normalized spacial score (nSPS) is 14.6. The van der Waals surface area contributed by atoms with Crippen LogP contribution in [0.1, 0.15) is 26.6 Å². The Hall–Kier alpha value is -2.67. The number of nitrogens with zero attached hydrogens (tertiary/aromatic N) is 5. The van der Waals surface area contributed by atoms with Crippen molar-refractivity contribution in [1.82, 2.24) is 19.7 Å². The lowest BCUT2D eigenvalue weighted by Gasteiger charge is -2.36. The van der Waals surface area contributed by atoms with Crippen molar-refractivity contribution >= 4 is 22.9 Å². The minimum absolute atomic E-state index is 0.144. The largest absolute Gasteiger partial charge is 0.365 e. The number of thiophene rings is 1. The predicted molar refractivity (Wildman–Crippen MR) is 108 cm³/mol. The summed E-state index contributed by atoms with van der Waals surface area (Å²) >= 11 is 1.53. The van der Waals surface area contributed by atoms with Crippen LogP contribution in [-0.2, 0) is 0 Å². The number of hydrogen-bond donors (Lipinski definition) is 0. The first-order valence-electron chi connectivity index (χ1n) is 9.11. The maximum atomic E-state index is 12.7. The Bertz CT molecular complexity index is 954. The van der Waals surface area contributed by atoms with Crippen LogP contribution in [-0.4, -0.2) is 51.8 Å². The van der Waals surface area contributed by atoms with Crippen LogP contribution < -0.4 is 4.90 Å². The van der Waals surface area contributed by atoms with Gasteiger partial charge in [-0.2, -0.15) is 5.10 Å². The molecule has 1 aliphatic rings. The highest BCUT2D eigenvalue weighted by atomic mass is 32.1. The molecule has 3 aromatic rings. The minimum Gasteiger partial charge on any atom is -0.365 e. The van der Waals surface area contributed by atoms with Gasteiger partial charge in [0.15, 0.2) is 5.82 Å². The Labute approximate surface area is 163 Å². The van der Waals surface area contributed by atoms with Crippen LogP contribution in [0.5, 0.6) is 0 Å². The second-order valence-electron chi connectivity index (χ2n) is 6.89. The number of piperazine rings is 1. The van der Waals surface area contributed by atoms with Crippen molar-refractivity contribution in [3.8, 4) is 5.82 Å². The molecule has 0 atom stereocenters. The van der Waals surface area contributed by atoms with Gasteiger partial charge in [-0.3, -0.25) is 4.79 Å². The standard InChI is InChI=1S/C20H23N5OS/c1-14-12-17(27-13-14)20(26)24-10-8-23(9-11-24)19-15(2)22-25(16(19)3)18-6-4-5-7-21-18/h4-7,12-13H,8-11H2,1-3H3. The van der Waals surface area contributed by atoms with Crippen molar-refractivity contribution in [3.05, 3.63) is 57.7 Å². The molecular formula is C20H23N5OS. The first kappa shape index (κ1) is 17.7. The summed E-state index contributed by atoms with van der Waals surface area (Å²) in [6.07, 6.45) is 1.78. The first-order chi connectivity index (χ1) is 13.0. The zero-order valence-electron chi connectivity index (χ0n) is 15.8. The molecule has 0 aromatic carbocycles. The van der Waals surface area contributed by atoms with Crippen molar-refractivity contribution < 1.29 is 4.79 Å². The topological polar surface area (TPSA) is 54.3 Å². The van der Waals surface area contributed by atoms with E-state index in [4.69, 9.17) is 5.10 Å². The van der Waals surface area contributed by atoms with Gasteiger partial charge in [-0.05, 0) is 49.9 Å². The minimum atomic E-state index is 0.144. The van der Waals surface area contributed by atoms with Gasteiger partial charge in [0.2, 0.25) is 0 Å². The van der Waals surface area contributed by atoms with Gasteiger partial charge in [-0.1, -0.05) is 6.07 Å². The molecule has 1 amide bonds. The lowest BCUT2D eigenvalue weighted by molar-refractivity contribution is 0.0751. The number of carbonyl (C=O) groups excluding carboxylic acids is 1. The van der Waals surface area contributed by atoms with E-state index in [2.05, 4.69) is 16.8 Å². The van der Waals surface area contributed by atoms with Gasteiger partial charge in [0, 0.05) is 32.4 Å². The van der Waals surface area contributed by atoms with Crippen LogP contribution in [0.25, 0.3) is 5.82 Å². The summed E-state index contributed by atoms with van der Waals surface area (Å²) in [5.74, 6) is 0.969. The summed E-state index contributed by atoms with van der Waals surface area (Å²) in [4.78, 5) is 22.2. The first-order valence-corrected chi connectivity index (χ1v) is 9.99. The Morgan fingerprint density at radius 1 is 1.11 bits per heavy atom. The molecule has 0 saturated carbocycles. The molecule has 0 aliphatic carbocycles. The lowest BCUT2D eigenvalue weighted by Crippen LogP contribution is -2.49. The summed E-state index contributed by atoms with van der Waals surface area (Å²) in [6.45, 7) is 9.21. The van der Waals surface area contributed by atoms with Crippen LogP contribution >= 0.6 is 11.3 Å². The third kappa shape index (κ3) is 3.35. The number of aryl methyl sites for hydroxylation is 2. The smallest absolute Gasteiger partial charge is 0.264 e. The van der Waals surface area contributed by atoms with Crippen LogP contribution in [0, 0.1) is 20.8 Å². The van der Waals surface area contributed by atoms with E-state index in [-0.39, 0.29) is 5.91 Å². The van der Waals surface area contributed by atoms with E-state index < -0.39 is 0 Å². The molecule has 0 bridgehead atoms. The Morgan fingerprint density at radius 2 is 1.89 bits per heavy atom. The fourth-order valence-corrected chi connectivity index (χ4v) is 4.49. The highest BCUT2D eigenvalue weighted by Crippen LogP contribution is 2.27. The summed E-state index contributed by atoms with van der Waals surface area (Å²) in [7, 11) is 0. The number of aromatic nitrogens is 3. The molecule has 0 spiro atoms. The third-order valence-electron chi connectivity index (χ3n) is 4.94. The molecular weight excluding hydrogens is 358 g/mol. The number of anilines is 1. The molecule has 0 radical (unpaired) electrons. The second-order valence-corrected chi connectivity index (χ2v) is 7.80. The molecule has 1 saturated heterocycles. The molecule has 0 N–H and O–H groups in total. The van der Waals surface area contributed by atoms with Gasteiger partial charge in [0.05, 0.1) is 22.0 Å². The van der Waals surface area contributed by atoms with E-state index in [1.54, 1.807) is 6.20 Å². The van der Waals surface area contributed by atoms with Crippen LogP contribution in [0.2, 0.25) is 0 Å². The zero-order valence-corrected chi connectivity index (χ0v) is 16.7. The van der Waals surface area contributed by atoms with E-state index in [1.807, 2.05) is 53.1 Å². The quantitative estimate of drug-likeness (QED) is 0.699. The predicted octanol–water partition coefficient (Wildman–Crippen LogP) is 3.22. The maximum absolute atomic E-state index is 12.7. The number of amides is 1. The van der Waals surface area contributed by atoms with Crippen LogP contribution in [0.3, 0.4) is 0 Å². The molecule has 27 heavy (non-hydrogen) atoms. The van der Waals surface area contributed by atoms with E-state index in [0.717, 1.165) is 59.5 Å². The summed E-state index contributed by atoms with van der Waals surface area (Å²) < 4.78 is 1.90.